The van der Waals surface area contributed by atoms with Crippen molar-refractivity contribution in [1.29, 1.82) is 0 Å². The summed E-state index contributed by atoms with van der Waals surface area (Å²) in [4.78, 5) is 17.8. The maximum atomic E-state index is 8.89. The van der Waals surface area contributed by atoms with Crippen LogP contribution in [-0.4, -0.2) is 61.2 Å². The van der Waals surface area contributed by atoms with Gasteiger partial charge in [-0.15, -0.1) is 0 Å². The number of aliphatic carboxylic acids is 2. The molecule has 42 heavy (non-hydrogen) atoms. The second kappa shape index (κ2) is 37.0. The zero-order chi connectivity index (χ0) is 33.1. The monoisotopic (exact) mass is 637 g/mol. The molecule has 0 rings (SSSR count). The fourth-order valence-corrected chi connectivity index (χ4v) is 15.9. The number of carbonyl (C=O) groups excluding carboxylic acids is 2. The SMILES string of the molecule is CC(=O)[O-].CC(=O)[O-].CCCC[P+](CCCC)(CCCC)CCCC.CCCC[P+](CCCC)(CCCC)CCCC. The minimum Gasteiger partial charge on any atom is -0.550 e. The predicted molar refractivity (Wildman–Crippen MR) is 193 cm³/mol. The van der Waals surface area contributed by atoms with Gasteiger partial charge in [-0.05, 0) is 65.2 Å². The molecule has 0 aromatic heterocycles. The van der Waals surface area contributed by atoms with Crippen LogP contribution in [0.2, 0.25) is 0 Å². The van der Waals surface area contributed by atoms with E-state index < -0.39 is 26.5 Å². The van der Waals surface area contributed by atoms with E-state index in [1.807, 2.05) is 0 Å². The van der Waals surface area contributed by atoms with Gasteiger partial charge in [-0.1, -0.05) is 107 Å². The Labute approximate surface area is 267 Å². The van der Waals surface area contributed by atoms with Gasteiger partial charge in [-0.2, -0.15) is 0 Å². The second-order valence-corrected chi connectivity index (χ2v) is 21.2. The molecule has 0 saturated heterocycles. The molecule has 0 saturated carbocycles. The second-order valence-electron chi connectivity index (χ2n) is 12.3. The first kappa shape index (κ1) is 48.7. The summed E-state index contributed by atoms with van der Waals surface area (Å²) in [6, 6.07) is 0. The molecule has 0 spiro atoms. The summed E-state index contributed by atoms with van der Waals surface area (Å²) in [5.41, 5.74) is 0. The Kier molecular flexibility index (Phi) is 42.9. The number of hydrogen-bond acceptors (Lipinski definition) is 4. The first-order chi connectivity index (χ1) is 19.9. The summed E-state index contributed by atoms with van der Waals surface area (Å²) in [5.74, 6) is -2.17. The molecule has 0 aliphatic carbocycles. The van der Waals surface area contributed by atoms with Crippen LogP contribution in [0.5, 0.6) is 0 Å². The molecule has 256 valence electrons. The molecule has 0 aromatic rings. The molecule has 6 heteroatoms. The van der Waals surface area contributed by atoms with E-state index in [1.54, 1.807) is 49.3 Å². The van der Waals surface area contributed by atoms with Gasteiger partial charge in [0.15, 0.2) is 0 Å². The van der Waals surface area contributed by atoms with Crippen LogP contribution in [0, 0.1) is 0 Å². The van der Waals surface area contributed by atoms with Crippen molar-refractivity contribution < 1.29 is 19.8 Å². The molecule has 0 heterocycles. The number of hydrogen-bond donors (Lipinski definition) is 0. The van der Waals surface area contributed by atoms with Gasteiger partial charge in [0.2, 0.25) is 0 Å². The lowest BCUT2D eigenvalue weighted by atomic mass is 10.4. The van der Waals surface area contributed by atoms with Gasteiger partial charge in [-0.3, -0.25) is 0 Å². The lowest BCUT2D eigenvalue weighted by Crippen LogP contribution is -2.16. The molecular weight excluding hydrogens is 558 g/mol. The lowest BCUT2D eigenvalue weighted by molar-refractivity contribution is -0.303. The van der Waals surface area contributed by atoms with Crippen LogP contribution in [0.25, 0.3) is 0 Å². The smallest absolute Gasteiger partial charge is 0.0594 e. The Morgan fingerprint density at radius 1 is 0.357 bits per heavy atom. The molecule has 0 amide bonds. The minimum atomic E-state index is -1.08. The quantitative estimate of drug-likeness (QED) is 0.0988. The largest absolute Gasteiger partial charge is 0.550 e. The molecule has 0 aliphatic heterocycles. The lowest BCUT2D eigenvalue weighted by Gasteiger charge is -2.28. The normalized spacial score (nSPS) is 10.9. The minimum absolute atomic E-state index is 0.562. The number of carbonyl (C=O) groups is 2. The van der Waals surface area contributed by atoms with Crippen LogP contribution in [-0.2, 0) is 9.59 Å². The average Bonchev–Trinajstić information content (AvgIpc) is 2.95. The van der Waals surface area contributed by atoms with Crippen molar-refractivity contribution in [3.8, 4) is 0 Å². The van der Waals surface area contributed by atoms with E-state index in [1.165, 1.54) is 103 Å². The summed E-state index contributed by atoms with van der Waals surface area (Å²) in [6.07, 6.45) is 35.9. The van der Waals surface area contributed by atoms with Crippen molar-refractivity contribution in [2.75, 3.05) is 49.3 Å². The highest BCUT2D eigenvalue weighted by Crippen LogP contribution is 2.62. The number of carboxylic acids is 2. The summed E-state index contributed by atoms with van der Waals surface area (Å²) in [7, 11) is -1.12. The molecule has 0 N–H and O–H groups in total. The summed E-state index contributed by atoms with van der Waals surface area (Å²) in [5, 5.41) is 17.8. The van der Waals surface area contributed by atoms with Gasteiger partial charge in [-0.25, -0.2) is 0 Å². The van der Waals surface area contributed by atoms with E-state index in [0.717, 1.165) is 13.8 Å². The van der Waals surface area contributed by atoms with E-state index in [9.17, 15) is 0 Å². The zero-order valence-corrected chi connectivity index (χ0v) is 32.3. The van der Waals surface area contributed by atoms with Crippen LogP contribution in [0.4, 0.5) is 0 Å². The molecule has 4 nitrogen and oxygen atoms in total. The maximum Gasteiger partial charge on any atom is 0.0594 e. The van der Waals surface area contributed by atoms with Crippen molar-refractivity contribution in [3.05, 3.63) is 0 Å². The number of unbranched alkanes of at least 4 members (excludes halogenated alkanes) is 8. The Morgan fingerprint density at radius 3 is 0.524 bits per heavy atom. The molecule has 0 radical (unpaired) electrons. The molecule has 0 aromatic carbocycles. The van der Waals surface area contributed by atoms with Crippen LogP contribution < -0.4 is 10.2 Å². The summed E-state index contributed by atoms with van der Waals surface area (Å²) >= 11 is 0. The van der Waals surface area contributed by atoms with Crippen LogP contribution in [0.15, 0.2) is 0 Å². The van der Waals surface area contributed by atoms with E-state index in [0.29, 0.717) is 0 Å². The molecule has 0 atom stereocenters. The third-order valence-corrected chi connectivity index (χ3v) is 18.0. The highest BCUT2D eigenvalue weighted by atomic mass is 31.2. The van der Waals surface area contributed by atoms with Crippen molar-refractivity contribution in [2.24, 2.45) is 0 Å². The van der Waals surface area contributed by atoms with Gasteiger partial charge < -0.3 is 19.8 Å². The van der Waals surface area contributed by atoms with Gasteiger partial charge >= 0.3 is 0 Å². The predicted octanol–water partition coefficient (Wildman–Crippen LogP) is 9.92. The topological polar surface area (TPSA) is 80.3 Å². The Hall–Kier alpha value is -0.200. The first-order valence-corrected chi connectivity index (χ1v) is 23.1. The first-order valence-electron chi connectivity index (χ1n) is 18.0. The van der Waals surface area contributed by atoms with Gasteiger partial charge in [0.05, 0.1) is 49.3 Å². The van der Waals surface area contributed by atoms with Gasteiger partial charge in [0, 0.05) is 26.5 Å². The van der Waals surface area contributed by atoms with Gasteiger partial charge in [0.1, 0.15) is 0 Å². The number of carboxylic acid groups (broad SMARTS) is 2. The standard InChI is InChI=1S/2C16H36P.2C2H4O2/c2*1-5-9-13-17(14-10-6-2,15-11-7-3)16-12-8-4;2*1-2(3)4/h2*5-16H2,1-4H3;2*1H3,(H,3,4)/q2*+1;;/p-2. The highest BCUT2D eigenvalue weighted by Gasteiger charge is 2.35. The van der Waals surface area contributed by atoms with Crippen LogP contribution in [0.3, 0.4) is 0 Å². The Balaban J connectivity index is -0.000000273. The fraction of sp³-hybridized carbons (Fsp3) is 0.944. The van der Waals surface area contributed by atoms with Crippen molar-refractivity contribution in [1.82, 2.24) is 0 Å². The third-order valence-electron chi connectivity index (χ3n) is 7.89. The third kappa shape index (κ3) is 37.8. The Morgan fingerprint density at radius 2 is 0.452 bits per heavy atom. The summed E-state index contributed by atoms with van der Waals surface area (Å²) < 4.78 is 0. The zero-order valence-electron chi connectivity index (χ0n) is 30.5. The molecular formula is C36H78O4P2. The van der Waals surface area contributed by atoms with Gasteiger partial charge in [0.25, 0.3) is 0 Å². The molecule has 0 unspecified atom stereocenters. The van der Waals surface area contributed by atoms with E-state index in [-0.39, 0.29) is 0 Å². The Bertz CT molecular complexity index is 423. The van der Waals surface area contributed by atoms with Crippen molar-refractivity contribution >= 4 is 26.5 Å². The number of rotatable bonds is 24. The maximum absolute atomic E-state index is 8.89. The summed E-state index contributed by atoms with van der Waals surface area (Å²) in [6.45, 7) is 20.8. The average molecular weight is 637 g/mol. The van der Waals surface area contributed by atoms with E-state index in [2.05, 4.69) is 55.4 Å². The van der Waals surface area contributed by atoms with Crippen molar-refractivity contribution in [3.63, 3.8) is 0 Å². The van der Waals surface area contributed by atoms with E-state index in [4.69, 9.17) is 19.8 Å². The van der Waals surface area contributed by atoms with Crippen LogP contribution in [0.1, 0.15) is 172 Å². The fourth-order valence-electron chi connectivity index (χ4n) is 5.29. The van der Waals surface area contributed by atoms with E-state index >= 15 is 0 Å². The molecule has 0 bridgehead atoms. The van der Waals surface area contributed by atoms with Crippen molar-refractivity contribution in [2.45, 2.75) is 172 Å². The highest BCUT2D eigenvalue weighted by molar-refractivity contribution is 7.76. The molecule has 0 fully saturated rings. The molecule has 0 aliphatic rings. The van der Waals surface area contributed by atoms with Crippen LogP contribution >= 0.6 is 14.5 Å².